The summed E-state index contributed by atoms with van der Waals surface area (Å²) in [5.41, 5.74) is 1.86. The van der Waals surface area contributed by atoms with E-state index in [2.05, 4.69) is 27.6 Å². The van der Waals surface area contributed by atoms with E-state index >= 15 is 0 Å². The fourth-order valence-electron chi connectivity index (χ4n) is 2.64. The van der Waals surface area contributed by atoms with Gasteiger partial charge in [0.25, 0.3) is 0 Å². The molecule has 0 aliphatic rings. The van der Waals surface area contributed by atoms with Crippen molar-refractivity contribution in [3.05, 3.63) is 72.0 Å². The van der Waals surface area contributed by atoms with E-state index in [1.807, 2.05) is 42.5 Å². The van der Waals surface area contributed by atoms with Crippen LogP contribution in [0.3, 0.4) is 0 Å². The number of benzene rings is 2. The van der Waals surface area contributed by atoms with Crippen LogP contribution < -0.4 is 10.1 Å². The summed E-state index contributed by atoms with van der Waals surface area (Å²) in [5, 5.41) is 12.2. The minimum atomic E-state index is -0.298. The van der Waals surface area contributed by atoms with Crippen LogP contribution in [0.4, 0.5) is 5.13 Å². The molecule has 0 fully saturated rings. The lowest BCUT2D eigenvalue weighted by molar-refractivity contribution is -0.111. The molecule has 0 bridgehead atoms. The van der Waals surface area contributed by atoms with Crippen LogP contribution >= 0.6 is 23.1 Å². The van der Waals surface area contributed by atoms with Gasteiger partial charge in [-0.1, -0.05) is 65.6 Å². The topological polar surface area (TPSA) is 77.2 Å². The molecule has 29 heavy (non-hydrogen) atoms. The van der Waals surface area contributed by atoms with Crippen LogP contribution in [-0.2, 0) is 10.5 Å². The Bertz CT molecular complexity index is 1150. The molecule has 0 radical (unpaired) electrons. The molecule has 2 aromatic heterocycles. The zero-order chi connectivity index (χ0) is 20.1. The van der Waals surface area contributed by atoms with Gasteiger partial charge in [-0.3, -0.25) is 10.1 Å². The van der Waals surface area contributed by atoms with Crippen LogP contribution in [-0.4, -0.2) is 23.2 Å². The molecule has 0 unspecified atom stereocenters. The number of para-hydroxylation sites is 1. The fourth-order valence-corrected chi connectivity index (χ4v) is 4.35. The van der Waals surface area contributed by atoms with E-state index in [0.717, 1.165) is 15.5 Å². The predicted octanol–water partition coefficient (Wildman–Crippen LogP) is 5.24. The smallest absolute Gasteiger partial charge is 0.250 e. The van der Waals surface area contributed by atoms with Crippen LogP contribution in [0.15, 0.2) is 69.4 Å². The van der Waals surface area contributed by atoms with E-state index in [1.54, 1.807) is 24.9 Å². The maximum atomic E-state index is 12.2. The van der Waals surface area contributed by atoms with Crippen molar-refractivity contribution in [2.24, 2.45) is 0 Å². The van der Waals surface area contributed by atoms with E-state index in [1.165, 1.54) is 23.0 Å². The summed E-state index contributed by atoms with van der Waals surface area (Å²) in [6, 6.07) is 17.6. The average Bonchev–Trinajstić information content (AvgIpc) is 3.37. The summed E-state index contributed by atoms with van der Waals surface area (Å²) in [6.07, 6.45) is 3.02. The van der Waals surface area contributed by atoms with E-state index in [-0.39, 0.29) is 5.91 Å². The molecule has 2 aromatic carbocycles. The Labute approximate surface area is 175 Å². The molecule has 0 saturated heterocycles. The summed E-state index contributed by atoms with van der Waals surface area (Å²) in [7, 11) is 1.59. The molecule has 2 heterocycles. The van der Waals surface area contributed by atoms with Gasteiger partial charge in [0.1, 0.15) is 5.76 Å². The van der Waals surface area contributed by atoms with Gasteiger partial charge >= 0.3 is 0 Å². The Morgan fingerprint density at radius 2 is 2.07 bits per heavy atom. The van der Waals surface area contributed by atoms with E-state index < -0.39 is 0 Å². The number of amides is 1. The fraction of sp³-hybridized carbons (Fsp3) is 0.0952. The molecular formula is C21H17N3O3S2. The number of aromatic nitrogens is 2. The number of ether oxygens (including phenoxy) is 1. The monoisotopic (exact) mass is 423 g/mol. The van der Waals surface area contributed by atoms with Gasteiger partial charge in [0.15, 0.2) is 15.7 Å². The number of methoxy groups -OCH3 is 1. The van der Waals surface area contributed by atoms with Gasteiger partial charge in [0.05, 0.1) is 7.11 Å². The molecule has 1 amide bonds. The average molecular weight is 424 g/mol. The predicted molar refractivity (Wildman–Crippen MR) is 116 cm³/mol. The van der Waals surface area contributed by atoms with E-state index in [4.69, 9.17) is 9.15 Å². The highest BCUT2D eigenvalue weighted by atomic mass is 32.2. The Kier molecular flexibility index (Phi) is 5.92. The second kappa shape index (κ2) is 8.93. The summed E-state index contributed by atoms with van der Waals surface area (Å²) >= 11 is 2.93. The Balaban J connectivity index is 1.35. The molecule has 0 saturated carbocycles. The summed E-state index contributed by atoms with van der Waals surface area (Å²) in [4.78, 5) is 12.2. The van der Waals surface area contributed by atoms with Gasteiger partial charge in [-0.2, -0.15) is 0 Å². The van der Waals surface area contributed by atoms with Crippen LogP contribution in [0, 0.1) is 0 Å². The summed E-state index contributed by atoms with van der Waals surface area (Å²) in [6.45, 7) is 0. The van der Waals surface area contributed by atoms with Crippen molar-refractivity contribution >= 4 is 51.2 Å². The van der Waals surface area contributed by atoms with Crippen LogP contribution in [0.1, 0.15) is 11.3 Å². The first-order chi connectivity index (χ1) is 14.2. The number of hydrogen-bond acceptors (Lipinski definition) is 7. The third-order valence-corrected chi connectivity index (χ3v) is 6.03. The number of anilines is 1. The number of furan rings is 1. The quantitative estimate of drug-likeness (QED) is 0.249. The van der Waals surface area contributed by atoms with Crippen LogP contribution in [0.2, 0.25) is 0 Å². The van der Waals surface area contributed by atoms with Crippen molar-refractivity contribution in [2.45, 2.75) is 10.1 Å². The highest BCUT2D eigenvalue weighted by molar-refractivity contribution is 8.00. The van der Waals surface area contributed by atoms with Crippen molar-refractivity contribution < 1.29 is 13.9 Å². The first-order valence-electron chi connectivity index (χ1n) is 8.77. The number of carbonyl (C=O) groups is 1. The number of carbonyl (C=O) groups excluding carboxylic acids is 1. The Morgan fingerprint density at radius 1 is 1.21 bits per heavy atom. The highest BCUT2D eigenvalue weighted by Crippen LogP contribution is 2.30. The highest BCUT2D eigenvalue weighted by Gasteiger charge is 2.09. The van der Waals surface area contributed by atoms with Crippen molar-refractivity contribution in [1.82, 2.24) is 10.2 Å². The van der Waals surface area contributed by atoms with Gasteiger partial charge in [0, 0.05) is 17.2 Å². The molecule has 0 aliphatic heterocycles. The number of hydrogen-bond donors (Lipinski definition) is 1. The molecule has 0 atom stereocenters. The molecule has 1 N–H and O–H groups in total. The van der Waals surface area contributed by atoms with Gasteiger partial charge in [-0.15, -0.1) is 10.2 Å². The van der Waals surface area contributed by atoms with Crippen LogP contribution in [0.25, 0.3) is 17.0 Å². The number of rotatable bonds is 7. The lowest BCUT2D eigenvalue weighted by Crippen LogP contribution is -2.07. The van der Waals surface area contributed by atoms with Gasteiger partial charge in [-0.05, 0) is 23.8 Å². The van der Waals surface area contributed by atoms with Gasteiger partial charge in [-0.25, -0.2) is 0 Å². The second-order valence-electron chi connectivity index (χ2n) is 6.00. The number of nitrogens with zero attached hydrogens (tertiary/aromatic N) is 2. The van der Waals surface area contributed by atoms with Crippen molar-refractivity contribution in [1.29, 1.82) is 0 Å². The molecule has 0 aliphatic carbocycles. The Morgan fingerprint density at radius 3 is 2.90 bits per heavy atom. The summed E-state index contributed by atoms with van der Waals surface area (Å²) < 4.78 is 11.8. The molecule has 4 aromatic rings. The molecule has 8 heteroatoms. The minimum absolute atomic E-state index is 0.298. The van der Waals surface area contributed by atoms with Crippen molar-refractivity contribution in [2.75, 3.05) is 12.4 Å². The zero-order valence-corrected chi connectivity index (χ0v) is 17.1. The van der Waals surface area contributed by atoms with E-state index in [0.29, 0.717) is 22.2 Å². The molecule has 146 valence electrons. The zero-order valence-electron chi connectivity index (χ0n) is 15.5. The molecular weight excluding hydrogens is 406 g/mol. The van der Waals surface area contributed by atoms with Crippen molar-refractivity contribution in [3.8, 4) is 5.75 Å². The van der Waals surface area contributed by atoms with Gasteiger partial charge in [0.2, 0.25) is 11.0 Å². The number of nitrogens with one attached hydrogen (secondary N) is 1. The van der Waals surface area contributed by atoms with Crippen molar-refractivity contribution in [3.63, 3.8) is 0 Å². The first kappa shape index (κ1) is 19.2. The molecule has 0 spiro atoms. The standard InChI is InChI=1S/C21H17N3O3S2/c1-26-17-9-5-8-15-12-16(27-19(15)17)10-11-18(25)22-20-23-24-21(29-20)28-13-14-6-3-2-4-7-14/h2-12H,13H2,1H3,(H,22,23,25)/b11-10+. The lowest BCUT2D eigenvalue weighted by atomic mass is 10.2. The third-order valence-electron chi connectivity index (χ3n) is 3.99. The largest absolute Gasteiger partial charge is 0.493 e. The van der Waals surface area contributed by atoms with Crippen LogP contribution in [0.5, 0.6) is 5.75 Å². The number of fused-ring (bicyclic) bond motifs is 1. The van der Waals surface area contributed by atoms with E-state index in [9.17, 15) is 4.79 Å². The third kappa shape index (κ3) is 4.85. The van der Waals surface area contributed by atoms with Gasteiger partial charge < -0.3 is 9.15 Å². The minimum Gasteiger partial charge on any atom is -0.493 e. The Hall–Kier alpha value is -3.10. The molecule has 4 rings (SSSR count). The maximum absolute atomic E-state index is 12.2. The SMILES string of the molecule is COc1cccc2cc(/C=C/C(=O)Nc3nnc(SCc4ccccc4)s3)oc12. The second-order valence-corrected chi connectivity index (χ2v) is 8.20. The number of thioether (sulfide) groups is 1. The normalized spacial score (nSPS) is 11.2. The summed E-state index contributed by atoms with van der Waals surface area (Å²) in [5.74, 6) is 1.73. The first-order valence-corrected chi connectivity index (χ1v) is 10.6. The lowest BCUT2D eigenvalue weighted by Gasteiger charge is -1.98. The maximum Gasteiger partial charge on any atom is 0.250 e. The molecule has 6 nitrogen and oxygen atoms in total.